The zero-order valence-corrected chi connectivity index (χ0v) is 15.6. The van der Waals surface area contributed by atoms with Gasteiger partial charge in [0.25, 0.3) is 10.0 Å². The number of hydrogen-bond acceptors (Lipinski definition) is 2. The molecule has 23 heavy (non-hydrogen) atoms. The molecule has 3 aromatic rings. The monoisotopic (exact) mass is 437 g/mol. The molecule has 1 aromatic heterocycles. The summed E-state index contributed by atoms with van der Waals surface area (Å²) >= 11 is 2.21. The second kappa shape index (κ2) is 6.13. The number of benzene rings is 2. The Balaban J connectivity index is 2.36. The van der Waals surface area contributed by atoms with Gasteiger partial charge in [0.1, 0.15) is 0 Å². The quantitative estimate of drug-likeness (QED) is 0.445. The molecule has 0 saturated heterocycles. The van der Waals surface area contributed by atoms with E-state index in [0.717, 1.165) is 20.2 Å². The van der Waals surface area contributed by atoms with Gasteiger partial charge in [-0.05, 0) is 47.7 Å². The number of rotatable bonds is 4. The maximum absolute atomic E-state index is 13.2. The first-order valence-corrected chi connectivity index (χ1v) is 9.69. The van der Waals surface area contributed by atoms with Crippen LogP contribution in [0.25, 0.3) is 10.9 Å². The SMILES string of the molecule is C=CCc1c(I)c2ccccc2n1S(=O)(=O)c1ccc(C)cc1. The lowest BCUT2D eigenvalue weighted by atomic mass is 10.2. The first kappa shape index (κ1) is 16.3. The summed E-state index contributed by atoms with van der Waals surface area (Å²) in [6.45, 7) is 5.70. The normalized spacial score (nSPS) is 11.7. The molecule has 118 valence electrons. The molecule has 0 aliphatic rings. The number of halogens is 1. The molecule has 0 aliphatic heterocycles. The number of aromatic nitrogens is 1. The summed E-state index contributed by atoms with van der Waals surface area (Å²) in [7, 11) is -3.65. The van der Waals surface area contributed by atoms with E-state index in [-0.39, 0.29) is 0 Å². The molecule has 0 N–H and O–H groups in total. The Hall–Kier alpha value is -1.60. The molecule has 1 heterocycles. The van der Waals surface area contributed by atoms with Gasteiger partial charge in [-0.1, -0.05) is 42.0 Å². The summed E-state index contributed by atoms with van der Waals surface area (Å²) in [5, 5.41) is 0.945. The van der Waals surface area contributed by atoms with Crippen molar-refractivity contribution in [2.75, 3.05) is 0 Å². The number of para-hydroxylation sites is 1. The van der Waals surface area contributed by atoms with Crippen LogP contribution in [0.5, 0.6) is 0 Å². The molecule has 0 aliphatic carbocycles. The van der Waals surface area contributed by atoms with Crippen molar-refractivity contribution in [3.05, 3.63) is 76.0 Å². The first-order chi connectivity index (χ1) is 11.0. The zero-order valence-electron chi connectivity index (χ0n) is 12.7. The summed E-state index contributed by atoms with van der Waals surface area (Å²) in [5.74, 6) is 0. The van der Waals surface area contributed by atoms with Gasteiger partial charge >= 0.3 is 0 Å². The second-order valence-electron chi connectivity index (χ2n) is 5.35. The molecule has 0 atom stereocenters. The molecule has 3 nitrogen and oxygen atoms in total. The van der Waals surface area contributed by atoms with Gasteiger partial charge in [0.05, 0.1) is 16.1 Å². The Kier molecular flexibility index (Phi) is 4.33. The summed E-state index contributed by atoms with van der Waals surface area (Å²) in [5.41, 5.74) is 2.49. The lowest BCUT2D eigenvalue weighted by Gasteiger charge is -2.11. The van der Waals surface area contributed by atoms with E-state index in [9.17, 15) is 8.42 Å². The average Bonchev–Trinajstić information content (AvgIpc) is 2.82. The molecule has 0 amide bonds. The molecule has 0 unspecified atom stereocenters. The van der Waals surface area contributed by atoms with Gasteiger partial charge in [-0.15, -0.1) is 6.58 Å². The van der Waals surface area contributed by atoms with Crippen LogP contribution in [-0.4, -0.2) is 12.4 Å². The number of aryl methyl sites for hydroxylation is 1. The molecular weight excluding hydrogens is 421 g/mol. The molecule has 3 rings (SSSR count). The van der Waals surface area contributed by atoms with Crippen molar-refractivity contribution in [3.63, 3.8) is 0 Å². The van der Waals surface area contributed by atoms with Crippen molar-refractivity contribution < 1.29 is 8.42 Å². The van der Waals surface area contributed by atoms with Gasteiger partial charge in [0.2, 0.25) is 0 Å². The molecule has 0 fully saturated rings. The van der Waals surface area contributed by atoms with Gasteiger partial charge < -0.3 is 0 Å². The van der Waals surface area contributed by atoms with Crippen molar-refractivity contribution in [1.82, 2.24) is 3.97 Å². The van der Waals surface area contributed by atoms with Crippen molar-refractivity contribution in [2.45, 2.75) is 18.2 Å². The Morgan fingerprint density at radius 1 is 1.13 bits per heavy atom. The number of nitrogens with zero attached hydrogens (tertiary/aromatic N) is 1. The topological polar surface area (TPSA) is 39.1 Å². The van der Waals surface area contributed by atoms with E-state index in [0.29, 0.717) is 16.8 Å². The fraction of sp³-hybridized carbons (Fsp3) is 0.111. The number of allylic oxidation sites excluding steroid dienone is 1. The van der Waals surface area contributed by atoms with E-state index in [1.807, 2.05) is 43.3 Å². The van der Waals surface area contributed by atoms with E-state index in [4.69, 9.17) is 0 Å². The molecule has 5 heteroatoms. The smallest absolute Gasteiger partial charge is 0.237 e. The largest absolute Gasteiger partial charge is 0.268 e. The summed E-state index contributed by atoms with van der Waals surface area (Å²) in [6, 6.07) is 14.5. The van der Waals surface area contributed by atoms with Crippen LogP contribution in [0.1, 0.15) is 11.3 Å². The summed E-state index contributed by atoms with van der Waals surface area (Å²) < 4.78 is 28.8. The average molecular weight is 437 g/mol. The third kappa shape index (κ3) is 2.72. The van der Waals surface area contributed by atoms with Gasteiger partial charge in [-0.2, -0.15) is 0 Å². The van der Waals surface area contributed by atoms with E-state index in [1.54, 1.807) is 18.2 Å². The lowest BCUT2D eigenvalue weighted by molar-refractivity contribution is 0.587. The number of fused-ring (bicyclic) bond motifs is 1. The minimum Gasteiger partial charge on any atom is -0.237 e. The van der Waals surface area contributed by atoms with Crippen LogP contribution < -0.4 is 0 Å². The van der Waals surface area contributed by atoms with Crippen LogP contribution >= 0.6 is 22.6 Å². The highest BCUT2D eigenvalue weighted by Gasteiger charge is 2.25. The van der Waals surface area contributed by atoms with Crippen molar-refractivity contribution >= 4 is 43.5 Å². The molecule has 0 radical (unpaired) electrons. The van der Waals surface area contributed by atoms with E-state index in [1.165, 1.54) is 3.97 Å². The van der Waals surface area contributed by atoms with E-state index >= 15 is 0 Å². The Morgan fingerprint density at radius 2 is 1.78 bits per heavy atom. The lowest BCUT2D eigenvalue weighted by Crippen LogP contribution is -2.16. The van der Waals surface area contributed by atoms with Crippen LogP contribution in [0.2, 0.25) is 0 Å². The highest BCUT2D eigenvalue weighted by molar-refractivity contribution is 14.1. The van der Waals surface area contributed by atoms with Gasteiger partial charge in [0.15, 0.2) is 0 Å². The van der Waals surface area contributed by atoms with Gasteiger partial charge in [0, 0.05) is 15.4 Å². The van der Waals surface area contributed by atoms with Crippen molar-refractivity contribution in [3.8, 4) is 0 Å². The van der Waals surface area contributed by atoms with Crippen LogP contribution in [0.15, 0.2) is 66.1 Å². The first-order valence-electron chi connectivity index (χ1n) is 7.17. The summed E-state index contributed by atoms with van der Waals surface area (Å²) in [4.78, 5) is 0.297. The van der Waals surface area contributed by atoms with Gasteiger partial charge in [-0.3, -0.25) is 0 Å². The highest BCUT2D eigenvalue weighted by atomic mass is 127. The van der Waals surface area contributed by atoms with Crippen LogP contribution in [0.4, 0.5) is 0 Å². The predicted molar refractivity (Wildman–Crippen MR) is 102 cm³/mol. The van der Waals surface area contributed by atoms with Crippen LogP contribution in [0.3, 0.4) is 0 Å². The molecule has 0 spiro atoms. The standard InChI is InChI=1S/C18H16INO2S/c1-3-6-17-18(19)15-7-4-5-8-16(15)20(17)23(21,22)14-11-9-13(2)10-12-14/h3-5,7-12H,1,6H2,2H3. The van der Waals surface area contributed by atoms with Gasteiger partial charge in [-0.25, -0.2) is 12.4 Å². The number of hydrogen-bond donors (Lipinski definition) is 0. The predicted octanol–water partition coefficient (Wildman–Crippen LogP) is 4.52. The second-order valence-corrected chi connectivity index (χ2v) is 8.22. The molecule has 0 saturated carbocycles. The van der Waals surface area contributed by atoms with Crippen LogP contribution in [0, 0.1) is 10.5 Å². The Labute approximate surface area is 149 Å². The fourth-order valence-corrected chi connectivity index (χ4v) is 5.27. The minimum atomic E-state index is -3.65. The molecule has 0 bridgehead atoms. The Morgan fingerprint density at radius 3 is 2.43 bits per heavy atom. The van der Waals surface area contributed by atoms with Crippen molar-refractivity contribution in [1.29, 1.82) is 0 Å². The third-order valence-corrected chi connectivity index (χ3v) is 6.72. The molecular formula is C18H16INO2S. The fourth-order valence-electron chi connectivity index (χ4n) is 2.63. The molecule has 2 aromatic carbocycles. The van der Waals surface area contributed by atoms with E-state index in [2.05, 4.69) is 29.2 Å². The third-order valence-electron chi connectivity index (χ3n) is 3.75. The minimum absolute atomic E-state index is 0.297. The van der Waals surface area contributed by atoms with Crippen molar-refractivity contribution in [2.24, 2.45) is 0 Å². The zero-order chi connectivity index (χ0) is 16.6. The van der Waals surface area contributed by atoms with Crippen LogP contribution in [-0.2, 0) is 16.4 Å². The summed E-state index contributed by atoms with van der Waals surface area (Å²) in [6.07, 6.45) is 2.23. The van der Waals surface area contributed by atoms with E-state index < -0.39 is 10.0 Å². The Bertz CT molecular complexity index is 986. The maximum atomic E-state index is 13.2. The maximum Gasteiger partial charge on any atom is 0.268 e. The highest BCUT2D eigenvalue weighted by Crippen LogP contribution is 2.31.